The average molecular weight is 576 g/mol. The molecule has 5 nitrogen and oxygen atoms in total. The molecule has 3 aromatic rings. The third-order valence-electron chi connectivity index (χ3n) is 5.36. The molecule has 8 heteroatoms. The molecule has 1 aromatic heterocycles. The minimum atomic E-state index is -0.514. The van der Waals surface area contributed by atoms with Gasteiger partial charge in [-0.25, -0.2) is 0 Å². The van der Waals surface area contributed by atoms with Gasteiger partial charge < -0.3 is 4.57 Å². The van der Waals surface area contributed by atoms with E-state index >= 15 is 0 Å². The molecule has 0 radical (unpaired) electrons. The molecular formula is C24H19ClIN3O2S. The number of rotatable bonds is 3. The summed E-state index contributed by atoms with van der Waals surface area (Å²) in [6, 6.07) is 14.9. The topological polar surface area (TPSA) is 54.3 Å². The molecule has 2 amide bonds. The molecule has 4 rings (SSSR count). The zero-order valence-electron chi connectivity index (χ0n) is 17.6. The number of nitrogens with one attached hydrogen (secondary N) is 1. The summed E-state index contributed by atoms with van der Waals surface area (Å²) in [5.74, 6) is -0.990. The van der Waals surface area contributed by atoms with Crippen LogP contribution in [0.15, 0.2) is 54.1 Å². The Labute approximate surface area is 210 Å². The number of amides is 2. The second kappa shape index (κ2) is 8.80. The quantitative estimate of drug-likeness (QED) is 0.194. The van der Waals surface area contributed by atoms with Crippen molar-refractivity contribution in [3.05, 3.63) is 85.2 Å². The van der Waals surface area contributed by atoms with Gasteiger partial charge in [-0.2, -0.15) is 0 Å². The third-order valence-corrected chi connectivity index (χ3v) is 7.10. The lowest BCUT2D eigenvalue weighted by atomic mass is 10.1. The van der Waals surface area contributed by atoms with E-state index in [9.17, 15) is 9.59 Å². The maximum absolute atomic E-state index is 13.3. The third kappa shape index (κ3) is 4.12. The van der Waals surface area contributed by atoms with E-state index in [0.29, 0.717) is 10.7 Å². The van der Waals surface area contributed by atoms with Gasteiger partial charge in [-0.3, -0.25) is 19.8 Å². The Bertz CT molecular complexity index is 1310. The maximum Gasteiger partial charge on any atom is 0.270 e. The van der Waals surface area contributed by atoms with Crippen molar-refractivity contribution >= 4 is 75.1 Å². The molecule has 0 spiro atoms. The van der Waals surface area contributed by atoms with Gasteiger partial charge in [0.15, 0.2) is 5.11 Å². The SMILES string of the molecule is Cc1cc(-n2c(C)cc(/C=C3/C(=O)NC(=S)N(c4ccc(Cl)cc4)C3=O)c2C)ccc1I. The molecule has 32 heavy (non-hydrogen) atoms. The standard InChI is InChI=1S/C24H19ClIN3O2S/c1-13-10-19(8-9-21(13)26)28-14(2)11-16(15(28)3)12-20-22(30)27-24(32)29(23(20)31)18-6-4-17(25)5-7-18/h4-12H,1-3H3,(H,27,30,32)/b20-12-. The van der Waals surface area contributed by atoms with E-state index in [1.165, 1.54) is 14.0 Å². The first-order valence-electron chi connectivity index (χ1n) is 9.80. The van der Waals surface area contributed by atoms with Crippen molar-refractivity contribution in [1.82, 2.24) is 9.88 Å². The summed E-state index contributed by atoms with van der Waals surface area (Å²) in [6.07, 6.45) is 1.63. The van der Waals surface area contributed by atoms with Crippen LogP contribution in [0.5, 0.6) is 0 Å². The second-order valence-electron chi connectivity index (χ2n) is 7.53. The fourth-order valence-corrected chi connectivity index (χ4v) is 4.48. The molecule has 1 fully saturated rings. The highest BCUT2D eigenvalue weighted by atomic mass is 127. The number of hydrogen-bond acceptors (Lipinski definition) is 3. The number of benzene rings is 2. The number of carbonyl (C=O) groups is 2. The van der Waals surface area contributed by atoms with Crippen LogP contribution in [0.4, 0.5) is 5.69 Å². The summed E-state index contributed by atoms with van der Waals surface area (Å²) in [7, 11) is 0. The molecule has 0 bridgehead atoms. The van der Waals surface area contributed by atoms with Gasteiger partial charge in [0, 0.05) is 25.7 Å². The number of aromatic nitrogens is 1. The summed E-state index contributed by atoms with van der Waals surface area (Å²) in [5.41, 5.74) is 5.50. The van der Waals surface area contributed by atoms with E-state index < -0.39 is 11.8 Å². The molecule has 2 heterocycles. The first-order chi connectivity index (χ1) is 15.2. The number of anilines is 1. The molecule has 0 saturated carbocycles. The predicted octanol–water partition coefficient (Wildman–Crippen LogP) is 5.49. The largest absolute Gasteiger partial charge is 0.318 e. The van der Waals surface area contributed by atoms with Gasteiger partial charge in [-0.05, 0) is 121 Å². The van der Waals surface area contributed by atoms with Crippen molar-refractivity contribution in [2.45, 2.75) is 20.8 Å². The van der Waals surface area contributed by atoms with Gasteiger partial charge in [0.25, 0.3) is 11.8 Å². The summed E-state index contributed by atoms with van der Waals surface area (Å²) in [4.78, 5) is 27.2. The Morgan fingerprint density at radius 2 is 1.66 bits per heavy atom. The lowest BCUT2D eigenvalue weighted by Gasteiger charge is -2.28. The number of carbonyl (C=O) groups excluding carboxylic acids is 2. The number of nitrogens with zero attached hydrogens (tertiary/aromatic N) is 2. The van der Waals surface area contributed by atoms with Gasteiger partial charge in [-0.1, -0.05) is 11.6 Å². The predicted molar refractivity (Wildman–Crippen MR) is 140 cm³/mol. The van der Waals surface area contributed by atoms with E-state index in [2.05, 4.69) is 57.6 Å². The Kier molecular flexibility index (Phi) is 6.24. The van der Waals surface area contributed by atoms with Crippen molar-refractivity contribution in [1.29, 1.82) is 0 Å². The van der Waals surface area contributed by atoms with Crippen LogP contribution >= 0.6 is 46.4 Å². The monoisotopic (exact) mass is 575 g/mol. The normalized spacial score (nSPS) is 15.5. The van der Waals surface area contributed by atoms with Crippen LogP contribution in [-0.4, -0.2) is 21.5 Å². The van der Waals surface area contributed by atoms with Crippen LogP contribution in [0, 0.1) is 24.3 Å². The lowest BCUT2D eigenvalue weighted by molar-refractivity contribution is -0.122. The second-order valence-corrected chi connectivity index (χ2v) is 9.51. The zero-order valence-corrected chi connectivity index (χ0v) is 21.3. The number of hydrogen-bond donors (Lipinski definition) is 1. The summed E-state index contributed by atoms with van der Waals surface area (Å²) in [6.45, 7) is 6.04. The molecule has 0 unspecified atom stereocenters. The van der Waals surface area contributed by atoms with Gasteiger partial charge in [0.2, 0.25) is 0 Å². The van der Waals surface area contributed by atoms with Gasteiger partial charge in [0.1, 0.15) is 5.57 Å². The highest BCUT2D eigenvalue weighted by Gasteiger charge is 2.34. The molecule has 162 valence electrons. The Morgan fingerprint density at radius 3 is 2.31 bits per heavy atom. The van der Waals surface area contributed by atoms with E-state index in [1.54, 1.807) is 30.3 Å². The van der Waals surface area contributed by atoms with Crippen LogP contribution in [0.1, 0.15) is 22.5 Å². The summed E-state index contributed by atoms with van der Waals surface area (Å²) >= 11 is 13.5. The summed E-state index contributed by atoms with van der Waals surface area (Å²) in [5, 5.41) is 3.20. The minimum absolute atomic E-state index is 0.0209. The van der Waals surface area contributed by atoms with Crippen molar-refractivity contribution in [3.8, 4) is 5.69 Å². The van der Waals surface area contributed by atoms with Crippen LogP contribution < -0.4 is 10.2 Å². The highest BCUT2D eigenvalue weighted by molar-refractivity contribution is 14.1. The van der Waals surface area contributed by atoms with Crippen molar-refractivity contribution in [2.24, 2.45) is 0 Å². The molecular weight excluding hydrogens is 557 g/mol. The first-order valence-corrected chi connectivity index (χ1v) is 11.7. The molecule has 0 atom stereocenters. The molecule has 1 saturated heterocycles. The Balaban J connectivity index is 1.76. The van der Waals surface area contributed by atoms with Gasteiger partial charge in [-0.15, -0.1) is 0 Å². The summed E-state index contributed by atoms with van der Waals surface area (Å²) < 4.78 is 3.31. The van der Waals surface area contributed by atoms with Crippen LogP contribution in [0.3, 0.4) is 0 Å². The fraction of sp³-hybridized carbons (Fsp3) is 0.125. The van der Waals surface area contributed by atoms with Crippen LogP contribution in [-0.2, 0) is 9.59 Å². The number of thiocarbonyl (C=S) groups is 1. The van der Waals surface area contributed by atoms with Crippen molar-refractivity contribution in [3.63, 3.8) is 0 Å². The average Bonchev–Trinajstić information content (AvgIpc) is 3.01. The van der Waals surface area contributed by atoms with Crippen molar-refractivity contribution < 1.29 is 9.59 Å². The van der Waals surface area contributed by atoms with E-state index in [1.807, 2.05) is 19.9 Å². The Hall–Kier alpha value is -2.49. The zero-order chi connectivity index (χ0) is 23.2. The molecule has 0 aliphatic carbocycles. The van der Waals surface area contributed by atoms with Crippen LogP contribution in [0.2, 0.25) is 5.02 Å². The van der Waals surface area contributed by atoms with Gasteiger partial charge >= 0.3 is 0 Å². The minimum Gasteiger partial charge on any atom is -0.318 e. The molecule has 1 aliphatic heterocycles. The highest BCUT2D eigenvalue weighted by Crippen LogP contribution is 2.27. The van der Waals surface area contributed by atoms with Crippen LogP contribution in [0.25, 0.3) is 11.8 Å². The van der Waals surface area contributed by atoms with E-state index in [-0.39, 0.29) is 10.7 Å². The Morgan fingerprint density at radius 1 is 1.00 bits per heavy atom. The molecule has 1 N–H and O–H groups in total. The number of halogens is 2. The number of aryl methyl sites for hydroxylation is 2. The van der Waals surface area contributed by atoms with Crippen molar-refractivity contribution in [2.75, 3.05) is 4.90 Å². The first kappa shape index (κ1) is 22.7. The molecule has 1 aliphatic rings. The fourth-order valence-electron chi connectivity index (χ4n) is 3.74. The van der Waals surface area contributed by atoms with Gasteiger partial charge in [0.05, 0.1) is 5.69 Å². The lowest BCUT2D eigenvalue weighted by Crippen LogP contribution is -2.54. The van der Waals surface area contributed by atoms with E-state index in [4.69, 9.17) is 23.8 Å². The van der Waals surface area contributed by atoms with E-state index in [0.717, 1.165) is 22.6 Å². The maximum atomic E-state index is 13.3. The smallest absolute Gasteiger partial charge is 0.270 e. The molecule has 2 aromatic carbocycles.